The third kappa shape index (κ3) is 3.88. The van der Waals surface area contributed by atoms with Crippen LogP contribution in [0, 0.1) is 5.92 Å². The summed E-state index contributed by atoms with van der Waals surface area (Å²) in [5, 5.41) is 0.0581. The molecule has 2 nitrogen and oxygen atoms in total. The smallest absolute Gasteiger partial charge is 0.185 e. The van der Waals surface area contributed by atoms with E-state index in [9.17, 15) is 9.59 Å². The van der Waals surface area contributed by atoms with Gasteiger partial charge in [0.1, 0.15) is 0 Å². The lowest BCUT2D eigenvalue weighted by Crippen LogP contribution is -2.14. The monoisotopic (exact) mass is 222 g/mol. The molecule has 1 atom stereocenters. The van der Waals surface area contributed by atoms with Crippen LogP contribution >= 0.6 is 11.8 Å². The standard InChI is InChI=1S/C12H14O2S/c1-9(8-15-10(2)13)12(14)11-6-4-3-5-7-11/h3-7,9H,8H2,1-2H3/t9-/m0/s1. The SMILES string of the molecule is CC(=O)SC[C@H](C)C(=O)c1ccccc1. The highest BCUT2D eigenvalue weighted by atomic mass is 32.2. The normalized spacial score (nSPS) is 12.1. The van der Waals surface area contributed by atoms with E-state index >= 15 is 0 Å². The molecule has 0 aliphatic carbocycles. The fourth-order valence-corrected chi connectivity index (χ4v) is 1.84. The number of carbonyl (C=O) groups excluding carboxylic acids is 2. The zero-order chi connectivity index (χ0) is 11.3. The van der Waals surface area contributed by atoms with Crippen molar-refractivity contribution < 1.29 is 9.59 Å². The molecule has 0 fully saturated rings. The molecule has 1 rings (SSSR count). The average Bonchev–Trinajstić information content (AvgIpc) is 2.26. The molecule has 80 valence electrons. The van der Waals surface area contributed by atoms with Crippen LogP contribution in [0.25, 0.3) is 0 Å². The fraction of sp³-hybridized carbons (Fsp3) is 0.333. The quantitative estimate of drug-likeness (QED) is 0.735. The Bertz CT molecular complexity index is 346. The molecule has 15 heavy (non-hydrogen) atoms. The summed E-state index contributed by atoms with van der Waals surface area (Å²) in [6.07, 6.45) is 0. The van der Waals surface area contributed by atoms with Crippen molar-refractivity contribution in [1.29, 1.82) is 0 Å². The number of ketones is 1. The van der Waals surface area contributed by atoms with E-state index in [4.69, 9.17) is 0 Å². The highest BCUT2D eigenvalue weighted by Crippen LogP contribution is 2.14. The molecule has 0 N–H and O–H groups in total. The van der Waals surface area contributed by atoms with E-state index in [0.717, 1.165) is 0 Å². The van der Waals surface area contributed by atoms with Crippen LogP contribution in [0.15, 0.2) is 30.3 Å². The van der Waals surface area contributed by atoms with Crippen molar-refractivity contribution in [3.05, 3.63) is 35.9 Å². The summed E-state index contributed by atoms with van der Waals surface area (Å²) in [6.45, 7) is 3.37. The van der Waals surface area contributed by atoms with Crippen LogP contribution in [-0.4, -0.2) is 16.7 Å². The Morgan fingerprint density at radius 2 is 1.87 bits per heavy atom. The van der Waals surface area contributed by atoms with Crippen LogP contribution < -0.4 is 0 Å². The number of thioether (sulfide) groups is 1. The third-order valence-corrected chi connectivity index (χ3v) is 3.12. The van der Waals surface area contributed by atoms with Crippen molar-refractivity contribution in [3.63, 3.8) is 0 Å². The fourth-order valence-electron chi connectivity index (χ4n) is 1.20. The van der Waals surface area contributed by atoms with E-state index in [1.807, 2.05) is 25.1 Å². The van der Waals surface area contributed by atoms with Crippen molar-refractivity contribution in [2.45, 2.75) is 13.8 Å². The summed E-state index contributed by atoms with van der Waals surface area (Å²) in [4.78, 5) is 22.6. The van der Waals surface area contributed by atoms with Crippen molar-refractivity contribution in [3.8, 4) is 0 Å². The summed E-state index contributed by atoms with van der Waals surface area (Å²) in [5.41, 5.74) is 0.717. The lowest BCUT2D eigenvalue weighted by molar-refractivity contribution is -0.109. The minimum atomic E-state index is -0.110. The van der Waals surface area contributed by atoms with Gasteiger partial charge in [0.05, 0.1) is 0 Å². The molecule has 0 aromatic heterocycles. The van der Waals surface area contributed by atoms with Crippen LogP contribution in [-0.2, 0) is 4.79 Å². The Hall–Kier alpha value is -1.09. The Balaban J connectivity index is 2.57. The summed E-state index contributed by atoms with van der Waals surface area (Å²) < 4.78 is 0. The minimum Gasteiger partial charge on any atom is -0.294 e. The first kappa shape index (κ1) is 12.0. The number of hydrogen-bond acceptors (Lipinski definition) is 3. The van der Waals surface area contributed by atoms with Gasteiger partial charge in [-0.1, -0.05) is 49.0 Å². The molecule has 0 bridgehead atoms. The molecule has 0 aliphatic rings. The molecule has 0 heterocycles. The van der Waals surface area contributed by atoms with Crippen LogP contribution in [0.3, 0.4) is 0 Å². The largest absolute Gasteiger partial charge is 0.294 e. The molecular formula is C12H14O2S. The summed E-state index contributed by atoms with van der Waals surface area (Å²) in [5.74, 6) is 0.550. The van der Waals surface area contributed by atoms with Crippen LogP contribution in [0.1, 0.15) is 24.2 Å². The van der Waals surface area contributed by atoms with Crippen LogP contribution in [0.2, 0.25) is 0 Å². The molecule has 0 saturated heterocycles. The number of carbonyl (C=O) groups is 2. The summed E-state index contributed by atoms with van der Waals surface area (Å²) >= 11 is 1.20. The Morgan fingerprint density at radius 3 is 2.40 bits per heavy atom. The first-order valence-corrected chi connectivity index (χ1v) is 5.82. The predicted molar refractivity (Wildman–Crippen MR) is 63.1 cm³/mol. The lowest BCUT2D eigenvalue weighted by atomic mass is 10.0. The van der Waals surface area contributed by atoms with Gasteiger partial charge < -0.3 is 0 Å². The van der Waals surface area contributed by atoms with Gasteiger partial charge in [-0.25, -0.2) is 0 Å². The molecule has 0 amide bonds. The number of benzene rings is 1. The van der Waals surface area contributed by atoms with E-state index in [0.29, 0.717) is 11.3 Å². The van der Waals surface area contributed by atoms with Gasteiger partial charge in [0.2, 0.25) is 0 Å². The number of Topliss-reactive ketones (excluding diaryl/α,β-unsaturated/α-hetero) is 1. The average molecular weight is 222 g/mol. The Labute approximate surface area is 94.1 Å². The second-order valence-corrected chi connectivity index (χ2v) is 4.63. The van der Waals surface area contributed by atoms with Gasteiger partial charge in [-0.2, -0.15) is 0 Å². The lowest BCUT2D eigenvalue weighted by Gasteiger charge is -2.08. The molecule has 0 unspecified atom stereocenters. The van der Waals surface area contributed by atoms with Crippen LogP contribution in [0.5, 0.6) is 0 Å². The molecule has 1 aromatic carbocycles. The molecule has 0 aliphatic heterocycles. The van der Waals surface area contributed by atoms with Crippen LogP contribution in [0.4, 0.5) is 0 Å². The van der Waals surface area contributed by atoms with Crippen molar-refractivity contribution >= 4 is 22.7 Å². The highest BCUT2D eigenvalue weighted by molar-refractivity contribution is 8.13. The number of hydrogen-bond donors (Lipinski definition) is 0. The Kier molecular flexibility index (Phi) is 4.56. The maximum atomic E-state index is 11.8. The number of rotatable bonds is 4. The molecule has 0 spiro atoms. The van der Waals surface area contributed by atoms with Gasteiger partial charge in [-0.05, 0) is 0 Å². The molecule has 0 radical (unpaired) electrons. The van der Waals surface area contributed by atoms with Gasteiger partial charge in [-0.15, -0.1) is 0 Å². The zero-order valence-electron chi connectivity index (χ0n) is 8.90. The van der Waals surface area contributed by atoms with Gasteiger partial charge in [0, 0.05) is 24.2 Å². The van der Waals surface area contributed by atoms with E-state index in [2.05, 4.69) is 0 Å². The predicted octanol–water partition coefficient (Wildman–Crippen LogP) is 2.79. The van der Waals surface area contributed by atoms with Crippen molar-refractivity contribution in [1.82, 2.24) is 0 Å². The maximum Gasteiger partial charge on any atom is 0.185 e. The second kappa shape index (κ2) is 5.71. The van der Waals surface area contributed by atoms with E-state index in [1.54, 1.807) is 12.1 Å². The highest BCUT2D eigenvalue weighted by Gasteiger charge is 2.15. The minimum absolute atomic E-state index is 0.0581. The Morgan fingerprint density at radius 1 is 1.27 bits per heavy atom. The molecular weight excluding hydrogens is 208 g/mol. The topological polar surface area (TPSA) is 34.1 Å². The summed E-state index contributed by atoms with van der Waals surface area (Å²) in [6, 6.07) is 9.18. The maximum absolute atomic E-state index is 11.8. The second-order valence-electron chi connectivity index (χ2n) is 3.43. The van der Waals surface area contributed by atoms with Crippen molar-refractivity contribution in [2.24, 2.45) is 5.92 Å². The van der Waals surface area contributed by atoms with Crippen molar-refractivity contribution in [2.75, 3.05) is 5.75 Å². The zero-order valence-corrected chi connectivity index (χ0v) is 9.71. The molecule has 3 heteroatoms. The van der Waals surface area contributed by atoms with Gasteiger partial charge in [0.15, 0.2) is 10.9 Å². The first-order valence-electron chi connectivity index (χ1n) is 4.84. The van der Waals surface area contributed by atoms with E-state index < -0.39 is 0 Å². The first-order chi connectivity index (χ1) is 7.11. The molecule has 1 aromatic rings. The van der Waals surface area contributed by atoms with Gasteiger partial charge >= 0.3 is 0 Å². The molecule has 0 saturated carbocycles. The van der Waals surface area contributed by atoms with Gasteiger partial charge in [0.25, 0.3) is 0 Å². The third-order valence-electron chi connectivity index (χ3n) is 2.04. The van der Waals surface area contributed by atoms with Gasteiger partial charge in [-0.3, -0.25) is 9.59 Å². The summed E-state index contributed by atoms with van der Waals surface area (Å²) in [7, 11) is 0. The van der Waals surface area contributed by atoms with E-state index in [1.165, 1.54) is 18.7 Å². The van der Waals surface area contributed by atoms with E-state index in [-0.39, 0.29) is 16.8 Å².